The summed E-state index contributed by atoms with van der Waals surface area (Å²) >= 11 is 0. The number of carbonyl (C=O) groups excluding carboxylic acids is 2. The summed E-state index contributed by atoms with van der Waals surface area (Å²) in [5.74, 6) is -1.53. The van der Waals surface area contributed by atoms with E-state index in [9.17, 15) is 19.2 Å². The first kappa shape index (κ1) is 19.2. The van der Waals surface area contributed by atoms with Crippen molar-refractivity contribution in [2.24, 2.45) is 17.1 Å². The topological polar surface area (TPSA) is 125 Å². The number of nitrogens with one attached hydrogen (secondary N) is 1. The second-order valence-electron chi connectivity index (χ2n) is 6.87. The summed E-state index contributed by atoms with van der Waals surface area (Å²) in [7, 11) is 0. The number of aromatic nitrogens is 2. The van der Waals surface area contributed by atoms with Crippen LogP contribution >= 0.6 is 0 Å². The van der Waals surface area contributed by atoms with Crippen LogP contribution in [-0.2, 0) is 4.79 Å². The second-order valence-corrected chi connectivity index (χ2v) is 6.87. The smallest absolute Gasteiger partial charge is 0.251 e. The SMILES string of the molecule is CC(C)[C@]1(C#N)CCN(c2ccnc(Nc3ccc(C(N)=O)c(F)c3)n2)C1=O. The molecule has 0 saturated carbocycles. The van der Waals surface area contributed by atoms with Gasteiger partial charge >= 0.3 is 0 Å². The molecule has 0 aliphatic carbocycles. The average molecular weight is 382 g/mol. The summed E-state index contributed by atoms with van der Waals surface area (Å²) in [5, 5.41) is 12.4. The third-order valence-corrected chi connectivity index (χ3v) is 4.95. The molecule has 1 atom stereocenters. The van der Waals surface area contributed by atoms with Crippen molar-refractivity contribution in [2.45, 2.75) is 20.3 Å². The molecule has 3 rings (SSSR count). The van der Waals surface area contributed by atoms with Crippen LogP contribution in [-0.4, -0.2) is 28.3 Å². The predicted molar refractivity (Wildman–Crippen MR) is 100 cm³/mol. The Balaban J connectivity index is 1.84. The largest absolute Gasteiger partial charge is 0.366 e. The van der Waals surface area contributed by atoms with Crippen LogP contribution in [0.15, 0.2) is 30.5 Å². The highest BCUT2D eigenvalue weighted by atomic mass is 19.1. The van der Waals surface area contributed by atoms with Crippen LogP contribution in [0, 0.1) is 28.5 Å². The molecule has 2 amide bonds. The molecule has 2 aromatic rings. The lowest BCUT2D eigenvalue weighted by molar-refractivity contribution is -0.124. The zero-order valence-electron chi connectivity index (χ0n) is 15.4. The fourth-order valence-corrected chi connectivity index (χ4v) is 3.21. The van der Waals surface area contributed by atoms with Crippen LogP contribution in [0.2, 0.25) is 0 Å². The molecule has 1 saturated heterocycles. The molecule has 144 valence electrons. The second kappa shape index (κ2) is 7.23. The van der Waals surface area contributed by atoms with Gasteiger partial charge in [0.05, 0.1) is 11.6 Å². The van der Waals surface area contributed by atoms with Gasteiger partial charge in [-0.2, -0.15) is 10.2 Å². The Kier molecular flexibility index (Phi) is 4.96. The monoisotopic (exact) mass is 382 g/mol. The van der Waals surface area contributed by atoms with Crippen LogP contribution in [0.25, 0.3) is 0 Å². The predicted octanol–water partition coefficient (Wildman–Crippen LogP) is 2.36. The molecule has 1 aliphatic heterocycles. The molecule has 1 fully saturated rings. The Morgan fingerprint density at radius 3 is 2.75 bits per heavy atom. The quantitative estimate of drug-likeness (QED) is 0.818. The highest BCUT2D eigenvalue weighted by Crippen LogP contribution is 2.40. The number of amides is 2. The number of nitrogens with two attached hydrogens (primary N) is 1. The van der Waals surface area contributed by atoms with Crippen LogP contribution < -0.4 is 16.0 Å². The minimum atomic E-state index is -1.06. The zero-order chi connectivity index (χ0) is 20.5. The summed E-state index contributed by atoms with van der Waals surface area (Å²) in [4.78, 5) is 33.8. The number of primary amides is 1. The third-order valence-electron chi connectivity index (χ3n) is 4.95. The number of carbonyl (C=O) groups is 2. The first-order valence-corrected chi connectivity index (χ1v) is 8.71. The highest BCUT2D eigenvalue weighted by Gasteiger charge is 2.50. The van der Waals surface area contributed by atoms with Gasteiger partial charge in [-0.15, -0.1) is 0 Å². The van der Waals surface area contributed by atoms with Gasteiger partial charge in [0.25, 0.3) is 5.91 Å². The molecule has 1 aliphatic rings. The van der Waals surface area contributed by atoms with Crippen molar-refractivity contribution >= 4 is 29.3 Å². The van der Waals surface area contributed by atoms with Gasteiger partial charge in [-0.3, -0.25) is 14.5 Å². The first-order valence-electron chi connectivity index (χ1n) is 8.71. The van der Waals surface area contributed by atoms with E-state index in [-0.39, 0.29) is 23.3 Å². The molecule has 0 bridgehead atoms. The van der Waals surface area contributed by atoms with Crippen molar-refractivity contribution in [1.29, 1.82) is 5.26 Å². The maximum atomic E-state index is 13.9. The lowest BCUT2D eigenvalue weighted by Crippen LogP contribution is -2.37. The standard InChI is InChI=1S/C19H19FN6O2/c1-11(2)19(10-21)6-8-26(17(19)28)15-5-7-23-18(25-15)24-12-3-4-13(16(22)27)14(20)9-12/h3-5,7,9,11H,6,8H2,1-2H3,(H2,22,27)(H,23,24,25)/t19-/m1/s1. The van der Waals surface area contributed by atoms with Crippen molar-refractivity contribution < 1.29 is 14.0 Å². The van der Waals surface area contributed by atoms with E-state index in [2.05, 4.69) is 21.4 Å². The normalized spacial score (nSPS) is 19.0. The minimum absolute atomic E-state index is 0.124. The van der Waals surface area contributed by atoms with Crippen molar-refractivity contribution in [3.05, 3.63) is 41.8 Å². The van der Waals surface area contributed by atoms with Crippen LogP contribution in [0.1, 0.15) is 30.6 Å². The Morgan fingerprint density at radius 1 is 1.43 bits per heavy atom. The zero-order valence-corrected chi connectivity index (χ0v) is 15.4. The Hall–Kier alpha value is -3.54. The minimum Gasteiger partial charge on any atom is -0.366 e. The van der Waals surface area contributed by atoms with E-state index >= 15 is 0 Å². The van der Waals surface area contributed by atoms with Gasteiger partial charge in [0.15, 0.2) is 0 Å². The van der Waals surface area contributed by atoms with E-state index in [1.165, 1.54) is 23.2 Å². The van der Waals surface area contributed by atoms with Crippen molar-refractivity contribution in [1.82, 2.24) is 9.97 Å². The summed E-state index contributed by atoms with van der Waals surface area (Å²) in [5.41, 5.74) is 4.13. The van der Waals surface area contributed by atoms with E-state index in [0.29, 0.717) is 24.5 Å². The molecule has 0 unspecified atom stereocenters. The molecule has 28 heavy (non-hydrogen) atoms. The number of halogens is 1. The first-order chi connectivity index (χ1) is 13.3. The molecular weight excluding hydrogens is 363 g/mol. The lowest BCUT2D eigenvalue weighted by Gasteiger charge is -2.24. The van der Waals surface area contributed by atoms with Crippen molar-refractivity contribution in [3.8, 4) is 6.07 Å². The van der Waals surface area contributed by atoms with Gasteiger partial charge in [-0.1, -0.05) is 13.8 Å². The third kappa shape index (κ3) is 3.24. The van der Waals surface area contributed by atoms with Crippen LogP contribution in [0.4, 0.5) is 21.8 Å². The molecule has 8 nitrogen and oxygen atoms in total. The summed E-state index contributed by atoms with van der Waals surface area (Å²) in [6, 6.07) is 7.59. The van der Waals surface area contributed by atoms with E-state index in [1.54, 1.807) is 6.07 Å². The van der Waals surface area contributed by atoms with Gasteiger partial charge in [0.1, 0.15) is 17.1 Å². The van der Waals surface area contributed by atoms with Gasteiger partial charge in [0.2, 0.25) is 11.9 Å². The van der Waals surface area contributed by atoms with Gasteiger partial charge < -0.3 is 11.1 Å². The molecule has 0 radical (unpaired) electrons. The molecule has 2 heterocycles. The van der Waals surface area contributed by atoms with Crippen LogP contribution in [0.5, 0.6) is 0 Å². The molecule has 3 N–H and O–H groups in total. The maximum absolute atomic E-state index is 13.9. The highest BCUT2D eigenvalue weighted by molar-refractivity contribution is 6.01. The Labute approximate surface area is 161 Å². The van der Waals surface area contributed by atoms with Crippen molar-refractivity contribution in [2.75, 3.05) is 16.8 Å². The van der Waals surface area contributed by atoms with E-state index in [4.69, 9.17) is 5.73 Å². The molecular formula is C19H19FN6O2. The van der Waals surface area contributed by atoms with Crippen molar-refractivity contribution in [3.63, 3.8) is 0 Å². The van der Waals surface area contributed by atoms with Gasteiger partial charge in [0, 0.05) is 18.4 Å². The fraction of sp³-hybridized carbons (Fsp3) is 0.316. The molecule has 1 aromatic carbocycles. The average Bonchev–Trinajstić information content (AvgIpc) is 2.99. The Bertz CT molecular complexity index is 987. The van der Waals surface area contributed by atoms with E-state index in [0.717, 1.165) is 6.07 Å². The fourth-order valence-electron chi connectivity index (χ4n) is 3.21. The van der Waals surface area contributed by atoms with Gasteiger partial charge in [-0.05, 0) is 36.6 Å². The number of benzene rings is 1. The number of rotatable bonds is 5. The summed E-state index contributed by atoms with van der Waals surface area (Å²) in [6.07, 6.45) is 1.89. The molecule has 0 spiro atoms. The molecule has 1 aromatic heterocycles. The molecule has 9 heteroatoms. The number of nitriles is 1. The number of anilines is 3. The van der Waals surface area contributed by atoms with Gasteiger partial charge in [-0.25, -0.2) is 9.37 Å². The number of hydrogen-bond acceptors (Lipinski definition) is 6. The maximum Gasteiger partial charge on any atom is 0.251 e. The van der Waals surface area contributed by atoms with E-state index < -0.39 is 17.1 Å². The van der Waals surface area contributed by atoms with E-state index in [1.807, 2.05) is 13.8 Å². The lowest BCUT2D eigenvalue weighted by atomic mass is 9.77. The summed E-state index contributed by atoms with van der Waals surface area (Å²) < 4.78 is 13.9. The Morgan fingerprint density at radius 2 is 2.18 bits per heavy atom. The number of hydrogen-bond donors (Lipinski definition) is 2. The summed E-state index contributed by atoms with van der Waals surface area (Å²) in [6.45, 7) is 4.08. The number of nitrogens with zero attached hydrogens (tertiary/aromatic N) is 4. The van der Waals surface area contributed by atoms with Crippen LogP contribution in [0.3, 0.4) is 0 Å².